The Balaban J connectivity index is 3.24. The van der Waals surface area contributed by atoms with Crippen LogP contribution in [0.4, 0.5) is 10.1 Å². The van der Waals surface area contributed by atoms with Crippen LogP contribution in [0.5, 0.6) is 5.75 Å². The van der Waals surface area contributed by atoms with Crippen molar-refractivity contribution in [2.45, 2.75) is 13.3 Å². The molecule has 66 valence electrons. The van der Waals surface area contributed by atoms with Crippen LogP contribution in [0, 0.1) is 5.82 Å². The Morgan fingerprint density at radius 3 is 2.67 bits per heavy atom. The molecule has 0 aliphatic heterocycles. The molecular formula is C9H12FNO. The average Bonchev–Trinajstić information content (AvgIpc) is 2.03. The lowest BCUT2D eigenvalue weighted by Gasteiger charge is -2.08. The predicted molar refractivity (Wildman–Crippen MR) is 47.0 cm³/mol. The first kappa shape index (κ1) is 8.84. The molecule has 12 heavy (non-hydrogen) atoms. The average molecular weight is 169 g/mol. The van der Waals surface area contributed by atoms with Gasteiger partial charge in [-0.15, -0.1) is 0 Å². The summed E-state index contributed by atoms with van der Waals surface area (Å²) >= 11 is 0. The largest absolute Gasteiger partial charge is 0.506 e. The van der Waals surface area contributed by atoms with E-state index in [9.17, 15) is 9.50 Å². The van der Waals surface area contributed by atoms with Crippen LogP contribution in [0.3, 0.4) is 0 Å². The van der Waals surface area contributed by atoms with Crippen molar-refractivity contribution in [2.75, 3.05) is 12.4 Å². The van der Waals surface area contributed by atoms with Crippen LogP contribution in [0.25, 0.3) is 0 Å². The zero-order valence-corrected chi connectivity index (χ0v) is 7.19. The summed E-state index contributed by atoms with van der Waals surface area (Å²) in [4.78, 5) is 0. The second kappa shape index (κ2) is 3.43. The Labute approximate surface area is 71.0 Å². The van der Waals surface area contributed by atoms with Gasteiger partial charge in [0.2, 0.25) is 0 Å². The molecule has 0 atom stereocenters. The number of aromatic hydroxyl groups is 1. The topological polar surface area (TPSA) is 32.3 Å². The highest BCUT2D eigenvalue weighted by molar-refractivity contribution is 5.61. The van der Waals surface area contributed by atoms with Crippen molar-refractivity contribution in [2.24, 2.45) is 0 Å². The molecular weight excluding hydrogens is 157 g/mol. The molecule has 0 aliphatic carbocycles. The molecule has 0 spiro atoms. The van der Waals surface area contributed by atoms with E-state index < -0.39 is 5.82 Å². The van der Waals surface area contributed by atoms with Gasteiger partial charge in [0.25, 0.3) is 0 Å². The van der Waals surface area contributed by atoms with Gasteiger partial charge in [0, 0.05) is 13.1 Å². The molecule has 0 aromatic heterocycles. The monoisotopic (exact) mass is 169 g/mol. The molecule has 1 aromatic carbocycles. The number of nitrogens with one attached hydrogen (secondary N) is 1. The molecule has 0 radical (unpaired) electrons. The first-order valence-electron chi connectivity index (χ1n) is 3.88. The second-order valence-electron chi connectivity index (χ2n) is 2.56. The number of aryl methyl sites for hydroxylation is 1. The van der Waals surface area contributed by atoms with E-state index in [1.807, 2.05) is 6.92 Å². The summed E-state index contributed by atoms with van der Waals surface area (Å²) in [5, 5.41) is 12.1. The molecule has 0 aliphatic rings. The molecule has 0 fully saturated rings. The third-order valence-electron chi connectivity index (χ3n) is 1.79. The van der Waals surface area contributed by atoms with Crippen molar-refractivity contribution in [1.82, 2.24) is 0 Å². The van der Waals surface area contributed by atoms with Crippen LogP contribution in [-0.4, -0.2) is 12.2 Å². The van der Waals surface area contributed by atoms with Gasteiger partial charge in [-0.1, -0.05) is 6.92 Å². The number of phenols is 1. The zero-order valence-electron chi connectivity index (χ0n) is 7.19. The van der Waals surface area contributed by atoms with E-state index in [1.54, 1.807) is 7.05 Å². The minimum Gasteiger partial charge on any atom is -0.506 e. The summed E-state index contributed by atoms with van der Waals surface area (Å²) < 4.78 is 12.7. The fourth-order valence-corrected chi connectivity index (χ4v) is 1.22. The number of anilines is 1. The second-order valence-corrected chi connectivity index (χ2v) is 2.56. The Bertz CT molecular complexity index is 286. The van der Waals surface area contributed by atoms with Gasteiger partial charge in [-0.3, -0.25) is 0 Å². The lowest BCUT2D eigenvalue weighted by molar-refractivity contribution is 0.470. The number of hydrogen-bond acceptors (Lipinski definition) is 2. The molecule has 0 saturated heterocycles. The molecule has 1 rings (SSSR count). The number of halogens is 1. The van der Waals surface area contributed by atoms with Crippen molar-refractivity contribution in [3.05, 3.63) is 23.5 Å². The Morgan fingerprint density at radius 1 is 1.50 bits per heavy atom. The quantitative estimate of drug-likeness (QED) is 0.665. The molecule has 3 heteroatoms. The van der Waals surface area contributed by atoms with Crippen LogP contribution >= 0.6 is 0 Å². The van der Waals surface area contributed by atoms with Gasteiger partial charge < -0.3 is 10.4 Å². The van der Waals surface area contributed by atoms with Crippen LogP contribution in [0.15, 0.2) is 12.1 Å². The van der Waals surface area contributed by atoms with Crippen LogP contribution < -0.4 is 5.32 Å². The molecule has 0 unspecified atom stereocenters. The highest BCUT2D eigenvalue weighted by Gasteiger charge is 2.06. The molecule has 0 amide bonds. The van der Waals surface area contributed by atoms with Crippen LogP contribution in [-0.2, 0) is 6.42 Å². The van der Waals surface area contributed by atoms with E-state index in [0.29, 0.717) is 12.1 Å². The van der Waals surface area contributed by atoms with E-state index in [1.165, 1.54) is 6.07 Å². The molecule has 0 saturated carbocycles. The third kappa shape index (κ3) is 1.49. The fraction of sp³-hybridized carbons (Fsp3) is 0.333. The van der Waals surface area contributed by atoms with Gasteiger partial charge in [0.05, 0.1) is 5.69 Å². The summed E-state index contributed by atoms with van der Waals surface area (Å²) in [6.07, 6.45) is 0.696. The number of rotatable bonds is 2. The van der Waals surface area contributed by atoms with Gasteiger partial charge in [0.1, 0.15) is 11.6 Å². The minimum absolute atomic E-state index is 0.0330. The molecule has 0 heterocycles. The smallest absolute Gasteiger partial charge is 0.141 e. The summed E-state index contributed by atoms with van der Waals surface area (Å²) in [5.74, 6) is -0.433. The summed E-state index contributed by atoms with van der Waals surface area (Å²) in [6.45, 7) is 1.91. The van der Waals surface area contributed by atoms with E-state index in [0.717, 1.165) is 11.6 Å². The van der Waals surface area contributed by atoms with E-state index in [2.05, 4.69) is 5.32 Å². The predicted octanol–water partition coefficient (Wildman–Crippen LogP) is 2.14. The highest BCUT2D eigenvalue weighted by atomic mass is 19.1. The molecule has 1 aromatic rings. The zero-order chi connectivity index (χ0) is 9.14. The first-order valence-corrected chi connectivity index (χ1v) is 3.88. The summed E-state index contributed by atoms with van der Waals surface area (Å²) in [6, 6.07) is 2.52. The van der Waals surface area contributed by atoms with Gasteiger partial charge in [-0.2, -0.15) is 0 Å². The van der Waals surface area contributed by atoms with Crippen molar-refractivity contribution in [1.29, 1.82) is 0 Å². The maximum Gasteiger partial charge on any atom is 0.141 e. The maximum atomic E-state index is 12.7. The highest BCUT2D eigenvalue weighted by Crippen LogP contribution is 2.28. The fourth-order valence-electron chi connectivity index (χ4n) is 1.22. The van der Waals surface area contributed by atoms with Crippen LogP contribution in [0.1, 0.15) is 12.5 Å². The maximum absolute atomic E-state index is 12.7. The lowest BCUT2D eigenvalue weighted by atomic mass is 10.1. The summed E-state index contributed by atoms with van der Waals surface area (Å²) in [5.41, 5.74) is 1.40. The Morgan fingerprint density at radius 2 is 2.17 bits per heavy atom. The van der Waals surface area contributed by atoms with E-state index in [-0.39, 0.29) is 5.75 Å². The van der Waals surface area contributed by atoms with Crippen LogP contribution in [0.2, 0.25) is 0 Å². The number of benzene rings is 1. The Hall–Kier alpha value is -1.25. The van der Waals surface area contributed by atoms with E-state index >= 15 is 0 Å². The number of phenolic OH excluding ortho intramolecular Hbond substituents is 1. The molecule has 2 N–H and O–H groups in total. The van der Waals surface area contributed by atoms with E-state index in [4.69, 9.17) is 0 Å². The van der Waals surface area contributed by atoms with Crippen molar-refractivity contribution in [3.63, 3.8) is 0 Å². The van der Waals surface area contributed by atoms with Gasteiger partial charge in [-0.25, -0.2) is 4.39 Å². The van der Waals surface area contributed by atoms with Crippen molar-refractivity contribution in [3.8, 4) is 5.75 Å². The normalized spacial score (nSPS) is 9.92. The van der Waals surface area contributed by atoms with Crippen molar-refractivity contribution < 1.29 is 9.50 Å². The third-order valence-corrected chi connectivity index (χ3v) is 1.79. The van der Waals surface area contributed by atoms with Gasteiger partial charge in [-0.05, 0) is 18.1 Å². The molecule has 0 bridgehead atoms. The lowest BCUT2D eigenvalue weighted by Crippen LogP contribution is -1.95. The van der Waals surface area contributed by atoms with Gasteiger partial charge >= 0.3 is 0 Å². The summed E-state index contributed by atoms with van der Waals surface area (Å²) in [7, 11) is 1.70. The van der Waals surface area contributed by atoms with Gasteiger partial charge in [0.15, 0.2) is 0 Å². The Kier molecular flexibility index (Phi) is 2.53. The minimum atomic E-state index is -0.400. The molecule has 2 nitrogen and oxygen atoms in total. The first-order chi connectivity index (χ1) is 5.69. The van der Waals surface area contributed by atoms with Crippen molar-refractivity contribution >= 4 is 5.69 Å². The SMILES string of the molecule is CCc1cc(F)cc(O)c1NC. The standard InChI is InChI=1S/C9H12FNO/c1-3-6-4-7(10)5-8(12)9(6)11-2/h4-5,11-12H,3H2,1-2H3. The number of hydrogen-bond donors (Lipinski definition) is 2.